The van der Waals surface area contributed by atoms with E-state index in [1.165, 1.54) is 12.8 Å². The second-order valence-electron chi connectivity index (χ2n) is 10.6. The zero-order valence-corrected chi connectivity index (χ0v) is 21.2. The number of carbonyl (C=O) groups excluding carboxylic acids is 1. The summed E-state index contributed by atoms with van der Waals surface area (Å²) in [4.78, 5) is 22.9. The van der Waals surface area contributed by atoms with Gasteiger partial charge in [0.15, 0.2) is 6.29 Å². The molecular weight excluding hydrogens is 450 g/mol. The van der Waals surface area contributed by atoms with Crippen molar-refractivity contribution >= 4 is 16.9 Å². The van der Waals surface area contributed by atoms with Gasteiger partial charge in [-0.2, -0.15) is 0 Å². The van der Waals surface area contributed by atoms with E-state index in [2.05, 4.69) is 21.6 Å². The third-order valence-electron chi connectivity index (χ3n) is 8.14. The lowest BCUT2D eigenvalue weighted by Gasteiger charge is -2.42. The largest absolute Gasteiger partial charge is 0.350 e. The highest BCUT2D eigenvalue weighted by Crippen LogP contribution is 2.42. The lowest BCUT2D eigenvalue weighted by molar-refractivity contribution is -0.203. The predicted molar refractivity (Wildman–Crippen MR) is 131 cm³/mol. The molecule has 2 unspecified atom stereocenters. The molecule has 188 valence electrons. The number of nitrogens with one attached hydrogen (secondary N) is 1. The Balaban J connectivity index is 1.39. The van der Waals surface area contributed by atoms with Crippen molar-refractivity contribution in [3.8, 4) is 0 Å². The van der Waals surface area contributed by atoms with Crippen molar-refractivity contribution in [3.63, 3.8) is 0 Å². The molecule has 5 rings (SSSR count). The van der Waals surface area contributed by atoms with E-state index in [1.54, 1.807) is 0 Å². The molecule has 1 aliphatic carbocycles. The van der Waals surface area contributed by atoms with Crippen LogP contribution in [0.25, 0.3) is 0 Å². The first kappa shape index (κ1) is 24.4. The summed E-state index contributed by atoms with van der Waals surface area (Å²) >= 11 is 0. The molecule has 0 aromatic heterocycles. The molecule has 1 aromatic carbocycles. The normalized spacial score (nSPS) is 27.9. The average molecular weight is 490 g/mol. The molecule has 4 aliphatic rings. The lowest BCUT2D eigenvalue weighted by atomic mass is 9.72. The van der Waals surface area contributed by atoms with Gasteiger partial charge in [0, 0.05) is 32.2 Å². The number of piperidine rings is 2. The molecule has 0 radical (unpaired) electrons. The van der Waals surface area contributed by atoms with Crippen molar-refractivity contribution in [2.24, 2.45) is 5.92 Å². The fraction of sp³-hybridized carbons (Fsp3) is 0.731. The SMILES string of the molecule is CC1CCN(S(=O)c2ccccc2C2(C(=O)NOC3CCCCO3)CCN(C3CC3)CC2)CC1. The van der Waals surface area contributed by atoms with Gasteiger partial charge in [0.25, 0.3) is 5.91 Å². The molecule has 2 atom stereocenters. The van der Waals surface area contributed by atoms with Gasteiger partial charge in [0.05, 0.1) is 10.3 Å². The smallest absolute Gasteiger partial charge is 0.254 e. The first-order chi connectivity index (χ1) is 16.6. The number of hydrogen-bond donors (Lipinski definition) is 1. The van der Waals surface area contributed by atoms with Crippen LogP contribution in [0.15, 0.2) is 29.2 Å². The van der Waals surface area contributed by atoms with E-state index in [9.17, 15) is 9.00 Å². The molecule has 1 N–H and O–H groups in total. The summed E-state index contributed by atoms with van der Waals surface area (Å²) in [6, 6.07) is 8.57. The zero-order valence-electron chi connectivity index (χ0n) is 20.4. The van der Waals surface area contributed by atoms with Gasteiger partial charge in [0.2, 0.25) is 0 Å². The number of hydrogen-bond acceptors (Lipinski definition) is 5. The van der Waals surface area contributed by atoms with Crippen molar-refractivity contribution in [1.82, 2.24) is 14.7 Å². The maximum Gasteiger partial charge on any atom is 0.254 e. The van der Waals surface area contributed by atoms with E-state index in [0.29, 0.717) is 31.4 Å². The molecule has 0 bridgehead atoms. The van der Waals surface area contributed by atoms with Crippen molar-refractivity contribution in [3.05, 3.63) is 29.8 Å². The summed E-state index contributed by atoms with van der Waals surface area (Å²) in [6.45, 7) is 6.34. The quantitative estimate of drug-likeness (QED) is 0.594. The van der Waals surface area contributed by atoms with E-state index in [1.807, 2.05) is 24.3 Å². The molecular formula is C26H39N3O4S. The van der Waals surface area contributed by atoms with Crippen LogP contribution in [0.5, 0.6) is 0 Å². The molecule has 0 spiro atoms. The Hall–Kier alpha value is -1.32. The third-order valence-corrected chi connectivity index (χ3v) is 9.70. The van der Waals surface area contributed by atoms with Crippen LogP contribution in [-0.4, -0.2) is 64.4 Å². The fourth-order valence-electron chi connectivity index (χ4n) is 5.65. The van der Waals surface area contributed by atoms with Crippen molar-refractivity contribution in [2.45, 2.75) is 87.4 Å². The monoisotopic (exact) mass is 489 g/mol. The summed E-state index contributed by atoms with van der Waals surface area (Å²) in [7, 11) is -1.28. The van der Waals surface area contributed by atoms with Gasteiger partial charge in [-0.25, -0.2) is 18.8 Å². The lowest BCUT2D eigenvalue weighted by Crippen LogP contribution is -2.53. The van der Waals surface area contributed by atoms with E-state index in [0.717, 1.165) is 68.7 Å². The fourth-order valence-corrected chi connectivity index (χ4v) is 7.12. The van der Waals surface area contributed by atoms with Gasteiger partial charge in [0.1, 0.15) is 11.0 Å². The standard InChI is InChI=1S/C26H39N3O4S/c1-20-11-15-29(16-12-20)34(31)23-7-3-2-6-22(23)26(13-17-28(18-14-26)21-9-10-21)25(30)27-33-24-8-4-5-19-32-24/h2-3,6-7,20-21,24H,4-5,8-19H2,1H3,(H,27,30). The first-order valence-corrected chi connectivity index (χ1v) is 14.3. The Labute approximate surface area is 206 Å². The van der Waals surface area contributed by atoms with Crippen LogP contribution in [0.3, 0.4) is 0 Å². The van der Waals surface area contributed by atoms with Gasteiger partial charge < -0.3 is 9.64 Å². The minimum absolute atomic E-state index is 0.131. The van der Waals surface area contributed by atoms with Crippen LogP contribution in [0.1, 0.15) is 70.3 Å². The van der Waals surface area contributed by atoms with Gasteiger partial charge in [-0.15, -0.1) is 0 Å². The van der Waals surface area contributed by atoms with E-state index < -0.39 is 16.4 Å². The summed E-state index contributed by atoms with van der Waals surface area (Å²) in [5.74, 6) is 0.542. The Bertz CT molecular complexity index is 871. The number of benzene rings is 1. The number of nitrogens with zero attached hydrogens (tertiary/aromatic N) is 2. The summed E-state index contributed by atoms with van der Waals surface area (Å²) in [5, 5.41) is 0. The summed E-state index contributed by atoms with van der Waals surface area (Å²) < 4.78 is 21.5. The molecule has 1 amide bonds. The first-order valence-electron chi connectivity index (χ1n) is 13.1. The maximum absolute atomic E-state index is 13.8. The summed E-state index contributed by atoms with van der Waals surface area (Å²) in [6.07, 6.45) is 8.52. The Morgan fingerprint density at radius 2 is 1.79 bits per heavy atom. The van der Waals surface area contributed by atoms with Crippen molar-refractivity contribution in [2.75, 3.05) is 32.8 Å². The minimum Gasteiger partial charge on any atom is -0.350 e. The van der Waals surface area contributed by atoms with Gasteiger partial charge in [-0.1, -0.05) is 25.1 Å². The van der Waals surface area contributed by atoms with Crippen LogP contribution < -0.4 is 5.48 Å². The number of ether oxygens (including phenoxy) is 1. The molecule has 4 fully saturated rings. The van der Waals surface area contributed by atoms with Crippen LogP contribution in [0.4, 0.5) is 0 Å². The van der Waals surface area contributed by atoms with E-state index in [-0.39, 0.29) is 12.2 Å². The third kappa shape index (κ3) is 5.26. The Morgan fingerprint density at radius 3 is 2.47 bits per heavy atom. The number of carbonyl (C=O) groups is 1. The molecule has 3 saturated heterocycles. The van der Waals surface area contributed by atoms with Crippen LogP contribution in [0.2, 0.25) is 0 Å². The molecule has 1 aromatic rings. The predicted octanol–water partition coefficient (Wildman–Crippen LogP) is 3.51. The number of hydroxylamine groups is 1. The van der Waals surface area contributed by atoms with Crippen LogP contribution >= 0.6 is 0 Å². The van der Waals surface area contributed by atoms with Gasteiger partial charge in [-0.05, 0) is 82.0 Å². The highest BCUT2D eigenvalue weighted by molar-refractivity contribution is 7.82. The molecule has 34 heavy (non-hydrogen) atoms. The molecule has 7 nitrogen and oxygen atoms in total. The molecule has 3 aliphatic heterocycles. The molecule has 1 saturated carbocycles. The Morgan fingerprint density at radius 1 is 1.06 bits per heavy atom. The number of amides is 1. The van der Waals surface area contributed by atoms with Crippen molar-refractivity contribution in [1.29, 1.82) is 0 Å². The van der Waals surface area contributed by atoms with Crippen LogP contribution in [0, 0.1) is 5.92 Å². The second-order valence-corrected chi connectivity index (χ2v) is 12.0. The van der Waals surface area contributed by atoms with E-state index in [4.69, 9.17) is 9.57 Å². The zero-order chi connectivity index (χ0) is 23.5. The van der Waals surface area contributed by atoms with Gasteiger partial charge >= 0.3 is 0 Å². The highest BCUT2D eigenvalue weighted by Gasteiger charge is 2.47. The minimum atomic E-state index is -1.28. The number of likely N-dealkylation sites (tertiary alicyclic amines) is 1. The summed E-state index contributed by atoms with van der Waals surface area (Å²) in [5.41, 5.74) is 2.92. The maximum atomic E-state index is 13.8. The van der Waals surface area contributed by atoms with Gasteiger partial charge in [-0.3, -0.25) is 4.79 Å². The number of rotatable bonds is 7. The average Bonchev–Trinajstić information content (AvgIpc) is 3.74. The van der Waals surface area contributed by atoms with Crippen molar-refractivity contribution < 1.29 is 18.6 Å². The van der Waals surface area contributed by atoms with E-state index >= 15 is 0 Å². The Kier molecular flexibility index (Phi) is 7.70. The molecule has 3 heterocycles. The highest BCUT2D eigenvalue weighted by atomic mass is 32.2. The second kappa shape index (κ2) is 10.7. The topological polar surface area (TPSA) is 71.1 Å². The van der Waals surface area contributed by atoms with Crippen LogP contribution in [-0.2, 0) is 30.8 Å². The molecule has 8 heteroatoms.